The molecule has 6 nitrogen and oxygen atoms in total. The molecule has 1 aromatic carbocycles. The molecule has 1 aromatic heterocycles. The molecular formula is C15H15FN4O2. The topological polar surface area (TPSA) is 98.1 Å². The summed E-state index contributed by atoms with van der Waals surface area (Å²) in [6, 6.07) is 5.18. The van der Waals surface area contributed by atoms with E-state index >= 15 is 0 Å². The Bertz CT molecular complexity index is 746. The molecule has 0 saturated heterocycles. The number of aromatic carboxylic acids is 1. The van der Waals surface area contributed by atoms with E-state index in [0.29, 0.717) is 5.69 Å². The molecule has 0 fully saturated rings. The third kappa shape index (κ3) is 2.88. The van der Waals surface area contributed by atoms with E-state index in [4.69, 9.17) is 10.5 Å². The van der Waals surface area contributed by atoms with E-state index in [9.17, 15) is 9.18 Å². The van der Waals surface area contributed by atoms with E-state index in [1.807, 2.05) is 0 Å². The van der Waals surface area contributed by atoms with Gasteiger partial charge in [-0.05, 0) is 24.3 Å². The van der Waals surface area contributed by atoms with Crippen LogP contribution in [0, 0.1) is 11.2 Å². The van der Waals surface area contributed by atoms with Gasteiger partial charge in [-0.3, -0.25) is 10.4 Å². The molecule has 0 spiro atoms. The van der Waals surface area contributed by atoms with Gasteiger partial charge in [-0.15, -0.1) is 0 Å². The summed E-state index contributed by atoms with van der Waals surface area (Å²) in [5.74, 6) is -1.99. The van der Waals surface area contributed by atoms with Crippen molar-refractivity contribution in [3.05, 3.63) is 53.1 Å². The average Bonchev–Trinajstić information content (AvgIpc) is 2.53. The van der Waals surface area contributed by atoms with Crippen LogP contribution in [0.1, 0.15) is 21.6 Å². The third-order valence-corrected chi connectivity index (χ3v) is 3.17. The lowest BCUT2D eigenvalue weighted by Crippen LogP contribution is -2.11. The van der Waals surface area contributed by atoms with Crippen molar-refractivity contribution in [1.29, 1.82) is 5.41 Å². The Kier molecular flexibility index (Phi) is 4.36. The Morgan fingerprint density at radius 3 is 2.55 bits per heavy atom. The van der Waals surface area contributed by atoms with Gasteiger partial charge in [0.05, 0.1) is 28.8 Å². The van der Waals surface area contributed by atoms with Crippen LogP contribution in [-0.2, 0) is 0 Å². The summed E-state index contributed by atoms with van der Waals surface area (Å²) in [5.41, 5.74) is 1.30. The largest absolute Gasteiger partial charge is 0.478 e. The number of halogens is 1. The second kappa shape index (κ2) is 6.21. The van der Waals surface area contributed by atoms with Gasteiger partial charge in [0.1, 0.15) is 11.5 Å². The number of carboxylic acids is 1. The highest BCUT2D eigenvalue weighted by Crippen LogP contribution is 2.22. The van der Waals surface area contributed by atoms with E-state index in [0.717, 1.165) is 11.8 Å². The molecule has 0 bridgehead atoms. The minimum Gasteiger partial charge on any atom is -0.478 e. The lowest BCUT2D eigenvalue weighted by atomic mass is 10.0. The SMILES string of the molecule is CNc1cnc(C(=N)c2ccc(C(=O)O)cc2F)c(NC)c1. The van der Waals surface area contributed by atoms with Crippen molar-refractivity contribution in [3.8, 4) is 0 Å². The van der Waals surface area contributed by atoms with Gasteiger partial charge in [-0.25, -0.2) is 9.18 Å². The molecule has 0 radical (unpaired) electrons. The summed E-state index contributed by atoms with van der Waals surface area (Å²) in [6.07, 6.45) is 1.54. The molecule has 4 N–H and O–H groups in total. The Balaban J connectivity index is 2.46. The van der Waals surface area contributed by atoms with Gasteiger partial charge in [0.2, 0.25) is 0 Å². The second-order valence-electron chi connectivity index (χ2n) is 4.49. The van der Waals surface area contributed by atoms with Crippen LogP contribution in [0.25, 0.3) is 0 Å². The smallest absolute Gasteiger partial charge is 0.335 e. The van der Waals surface area contributed by atoms with Crippen molar-refractivity contribution < 1.29 is 14.3 Å². The van der Waals surface area contributed by atoms with Crippen molar-refractivity contribution in [2.75, 3.05) is 24.7 Å². The molecule has 1 heterocycles. The number of hydrogen-bond donors (Lipinski definition) is 4. The molecule has 114 valence electrons. The molecule has 7 heteroatoms. The maximum atomic E-state index is 14.1. The normalized spacial score (nSPS) is 10.1. The minimum absolute atomic E-state index is 0.00814. The van der Waals surface area contributed by atoms with Crippen molar-refractivity contribution >= 4 is 23.1 Å². The summed E-state index contributed by atoms with van der Waals surface area (Å²) < 4.78 is 14.1. The number of nitrogens with one attached hydrogen (secondary N) is 3. The van der Waals surface area contributed by atoms with E-state index in [2.05, 4.69) is 15.6 Å². The van der Waals surface area contributed by atoms with E-state index in [1.54, 1.807) is 20.2 Å². The fraction of sp³-hybridized carbons (Fsp3) is 0.133. The average molecular weight is 302 g/mol. The number of rotatable bonds is 5. The van der Waals surface area contributed by atoms with Crippen LogP contribution in [0.5, 0.6) is 0 Å². The van der Waals surface area contributed by atoms with Crippen molar-refractivity contribution in [2.45, 2.75) is 0 Å². The van der Waals surface area contributed by atoms with Gasteiger partial charge in [-0.1, -0.05) is 0 Å². The van der Waals surface area contributed by atoms with Crippen molar-refractivity contribution in [2.24, 2.45) is 0 Å². The molecule has 0 aliphatic rings. The monoisotopic (exact) mass is 302 g/mol. The highest BCUT2D eigenvalue weighted by atomic mass is 19.1. The summed E-state index contributed by atoms with van der Waals surface area (Å²) >= 11 is 0. The molecule has 0 saturated carbocycles. The van der Waals surface area contributed by atoms with Crippen LogP contribution in [-0.4, -0.2) is 35.9 Å². The van der Waals surface area contributed by atoms with Crippen LogP contribution in [0.15, 0.2) is 30.5 Å². The molecule has 0 atom stereocenters. The molecule has 0 amide bonds. The maximum Gasteiger partial charge on any atom is 0.335 e. The molecule has 2 aromatic rings. The lowest BCUT2D eigenvalue weighted by molar-refractivity contribution is 0.0696. The van der Waals surface area contributed by atoms with E-state index < -0.39 is 11.8 Å². The van der Waals surface area contributed by atoms with Crippen LogP contribution in [0.2, 0.25) is 0 Å². The van der Waals surface area contributed by atoms with Crippen molar-refractivity contribution in [3.63, 3.8) is 0 Å². The third-order valence-electron chi connectivity index (χ3n) is 3.17. The zero-order valence-corrected chi connectivity index (χ0v) is 12.1. The Morgan fingerprint density at radius 1 is 1.27 bits per heavy atom. The lowest BCUT2D eigenvalue weighted by Gasteiger charge is -2.12. The first-order valence-corrected chi connectivity index (χ1v) is 6.45. The van der Waals surface area contributed by atoms with Gasteiger partial charge in [-0.2, -0.15) is 0 Å². The first-order chi connectivity index (χ1) is 10.5. The molecular weight excluding hydrogens is 287 g/mol. The van der Waals surface area contributed by atoms with Gasteiger partial charge in [0.15, 0.2) is 0 Å². The van der Waals surface area contributed by atoms with Crippen LogP contribution in [0.4, 0.5) is 15.8 Å². The van der Waals surface area contributed by atoms with Crippen LogP contribution in [0.3, 0.4) is 0 Å². The first-order valence-electron chi connectivity index (χ1n) is 6.45. The molecule has 2 rings (SSSR count). The van der Waals surface area contributed by atoms with Gasteiger partial charge < -0.3 is 15.7 Å². The Morgan fingerprint density at radius 2 is 2.00 bits per heavy atom. The number of pyridine rings is 1. The molecule has 0 aliphatic carbocycles. The zero-order chi connectivity index (χ0) is 16.3. The Hall–Kier alpha value is -2.96. The Labute approximate surface area is 126 Å². The molecule has 22 heavy (non-hydrogen) atoms. The number of benzene rings is 1. The van der Waals surface area contributed by atoms with E-state index in [1.165, 1.54) is 18.3 Å². The van der Waals surface area contributed by atoms with Gasteiger partial charge in [0.25, 0.3) is 0 Å². The molecule has 0 unspecified atom stereocenters. The van der Waals surface area contributed by atoms with Crippen LogP contribution < -0.4 is 10.6 Å². The van der Waals surface area contributed by atoms with Crippen molar-refractivity contribution in [1.82, 2.24) is 4.98 Å². The predicted octanol–water partition coefficient (Wildman–Crippen LogP) is 2.42. The van der Waals surface area contributed by atoms with Gasteiger partial charge >= 0.3 is 5.97 Å². The first kappa shape index (κ1) is 15.4. The zero-order valence-electron chi connectivity index (χ0n) is 12.1. The number of anilines is 2. The molecule has 0 aliphatic heterocycles. The van der Waals surface area contributed by atoms with E-state index in [-0.39, 0.29) is 22.5 Å². The fourth-order valence-electron chi connectivity index (χ4n) is 1.97. The number of nitrogens with zero attached hydrogens (tertiary/aromatic N) is 1. The number of carbonyl (C=O) groups is 1. The van der Waals surface area contributed by atoms with Crippen LogP contribution >= 0.6 is 0 Å². The van der Waals surface area contributed by atoms with Gasteiger partial charge in [0, 0.05) is 19.7 Å². The minimum atomic E-state index is -1.22. The summed E-state index contributed by atoms with van der Waals surface area (Å²) in [6.45, 7) is 0. The standard InChI is InChI=1S/C15H15FN4O2/c1-18-9-6-12(19-2)14(20-7-9)13(17)10-4-3-8(15(21)22)5-11(10)16/h3-7,17-19H,1-2H3,(H,21,22). The number of hydrogen-bond acceptors (Lipinski definition) is 5. The summed E-state index contributed by atoms with van der Waals surface area (Å²) in [4.78, 5) is 15.0. The number of aromatic nitrogens is 1. The predicted molar refractivity (Wildman–Crippen MR) is 82.6 cm³/mol. The quantitative estimate of drug-likeness (QED) is 0.636. The maximum absolute atomic E-state index is 14.1. The fourth-order valence-corrected chi connectivity index (χ4v) is 1.97. The summed E-state index contributed by atoms with van der Waals surface area (Å²) in [5, 5.41) is 22.8. The second-order valence-corrected chi connectivity index (χ2v) is 4.49. The highest BCUT2D eigenvalue weighted by Gasteiger charge is 2.17. The highest BCUT2D eigenvalue weighted by molar-refractivity contribution is 6.13. The number of carboxylic acid groups (broad SMARTS) is 1. The summed E-state index contributed by atoms with van der Waals surface area (Å²) in [7, 11) is 3.42.